The van der Waals surface area contributed by atoms with Crippen molar-refractivity contribution in [3.05, 3.63) is 12.2 Å². The number of hydrogen-bond donors (Lipinski definition) is 0. The molecule has 0 aliphatic carbocycles. The van der Waals surface area contributed by atoms with E-state index in [0.717, 1.165) is 6.33 Å². The molecule has 13 heavy (non-hydrogen) atoms. The van der Waals surface area contributed by atoms with Gasteiger partial charge in [0.2, 0.25) is 5.82 Å². The quantitative estimate of drug-likeness (QED) is 0.710. The molecular weight excluding hydrogens is 187 g/mol. The van der Waals surface area contributed by atoms with Gasteiger partial charge in [-0.05, 0) is 6.92 Å². The Morgan fingerprint density at radius 1 is 1.38 bits per heavy atom. The first-order valence-electron chi connectivity index (χ1n) is 3.43. The summed E-state index contributed by atoms with van der Waals surface area (Å²) in [5.41, 5.74) is 0. The number of aromatic nitrogens is 3. The standard InChI is InChI=1S/C6H6F3N3O/c1-2-13-5-11-3-10-4(12-5)6(7,8)9/h3H,2H2,1H3. The molecule has 0 amide bonds. The summed E-state index contributed by atoms with van der Waals surface area (Å²) in [7, 11) is 0. The molecular formula is C6H6F3N3O. The predicted octanol–water partition coefficient (Wildman–Crippen LogP) is 1.29. The average molecular weight is 193 g/mol. The number of rotatable bonds is 2. The van der Waals surface area contributed by atoms with Crippen molar-refractivity contribution in [1.29, 1.82) is 0 Å². The van der Waals surface area contributed by atoms with Crippen LogP contribution in [-0.2, 0) is 6.18 Å². The second kappa shape index (κ2) is 3.55. The predicted molar refractivity (Wildman–Crippen MR) is 36.0 cm³/mol. The van der Waals surface area contributed by atoms with E-state index in [9.17, 15) is 13.2 Å². The van der Waals surface area contributed by atoms with E-state index < -0.39 is 12.0 Å². The zero-order chi connectivity index (χ0) is 9.90. The van der Waals surface area contributed by atoms with Crippen molar-refractivity contribution in [2.75, 3.05) is 6.61 Å². The van der Waals surface area contributed by atoms with Gasteiger partial charge < -0.3 is 4.74 Å². The summed E-state index contributed by atoms with van der Waals surface area (Å²) in [6.45, 7) is 1.83. The van der Waals surface area contributed by atoms with Crippen LogP contribution in [-0.4, -0.2) is 21.6 Å². The van der Waals surface area contributed by atoms with Crippen molar-refractivity contribution in [2.24, 2.45) is 0 Å². The Morgan fingerprint density at radius 3 is 2.62 bits per heavy atom. The van der Waals surface area contributed by atoms with E-state index in [1.807, 2.05) is 0 Å². The minimum Gasteiger partial charge on any atom is -0.464 e. The summed E-state index contributed by atoms with van der Waals surface area (Å²) < 4.78 is 40.7. The largest absolute Gasteiger partial charge is 0.464 e. The molecule has 1 heterocycles. The van der Waals surface area contributed by atoms with E-state index >= 15 is 0 Å². The third kappa shape index (κ3) is 2.53. The molecule has 0 radical (unpaired) electrons. The molecule has 0 unspecified atom stereocenters. The van der Waals surface area contributed by atoms with Crippen molar-refractivity contribution < 1.29 is 17.9 Å². The van der Waals surface area contributed by atoms with Gasteiger partial charge in [-0.1, -0.05) is 0 Å². The van der Waals surface area contributed by atoms with E-state index in [-0.39, 0.29) is 12.6 Å². The van der Waals surface area contributed by atoms with Gasteiger partial charge in [0.05, 0.1) is 6.61 Å². The Bertz CT molecular complexity index is 289. The number of halogens is 3. The fraction of sp³-hybridized carbons (Fsp3) is 0.500. The molecule has 0 aliphatic rings. The lowest BCUT2D eigenvalue weighted by molar-refractivity contribution is -0.145. The van der Waals surface area contributed by atoms with Crippen molar-refractivity contribution in [1.82, 2.24) is 15.0 Å². The van der Waals surface area contributed by atoms with E-state index in [0.29, 0.717) is 0 Å². The van der Waals surface area contributed by atoms with Crippen LogP contribution in [0.3, 0.4) is 0 Å². The Kier molecular flexibility index (Phi) is 2.64. The van der Waals surface area contributed by atoms with Crippen LogP contribution < -0.4 is 4.74 Å². The maximum absolute atomic E-state index is 12.0. The summed E-state index contributed by atoms with van der Waals surface area (Å²) in [6, 6.07) is -0.315. The van der Waals surface area contributed by atoms with E-state index in [1.165, 1.54) is 0 Å². The molecule has 0 saturated carbocycles. The van der Waals surface area contributed by atoms with Gasteiger partial charge in [0.25, 0.3) is 0 Å². The lowest BCUT2D eigenvalue weighted by Crippen LogP contribution is -2.12. The maximum atomic E-state index is 12.0. The Hall–Kier alpha value is -1.40. The van der Waals surface area contributed by atoms with Crippen LogP contribution in [0, 0.1) is 0 Å². The van der Waals surface area contributed by atoms with E-state index in [2.05, 4.69) is 19.7 Å². The summed E-state index contributed by atoms with van der Waals surface area (Å²) in [5.74, 6) is -1.24. The molecule has 0 aliphatic heterocycles. The molecule has 0 bridgehead atoms. The van der Waals surface area contributed by atoms with Crippen molar-refractivity contribution in [3.8, 4) is 6.01 Å². The van der Waals surface area contributed by atoms with Crippen LogP contribution in [0.25, 0.3) is 0 Å². The number of nitrogens with zero attached hydrogens (tertiary/aromatic N) is 3. The fourth-order valence-corrected chi connectivity index (χ4v) is 0.616. The SMILES string of the molecule is CCOc1ncnc(C(F)(F)F)n1. The first kappa shape index (κ1) is 9.69. The van der Waals surface area contributed by atoms with Gasteiger partial charge in [0, 0.05) is 0 Å². The highest BCUT2D eigenvalue weighted by Crippen LogP contribution is 2.25. The first-order chi connectivity index (χ1) is 6.04. The van der Waals surface area contributed by atoms with Crippen LogP contribution in [0.4, 0.5) is 13.2 Å². The molecule has 0 spiro atoms. The molecule has 0 atom stereocenters. The monoisotopic (exact) mass is 193 g/mol. The first-order valence-corrected chi connectivity index (χ1v) is 3.43. The normalized spacial score (nSPS) is 11.4. The Balaban J connectivity index is 2.92. The summed E-state index contributed by atoms with van der Waals surface area (Å²) in [5, 5.41) is 0. The summed E-state index contributed by atoms with van der Waals surface area (Å²) in [6.07, 6.45) is -3.80. The highest BCUT2D eigenvalue weighted by Gasteiger charge is 2.35. The summed E-state index contributed by atoms with van der Waals surface area (Å²) in [4.78, 5) is 9.43. The molecule has 72 valence electrons. The van der Waals surface area contributed by atoms with Gasteiger partial charge in [-0.15, -0.1) is 0 Å². The molecule has 7 heteroatoms. The van der Waals surface area contributed by atoms with Gasteiger partial charge in [0.1, 0.15) is 6.33 Å². The lowest BCUT2D eigenvalue weighted by atomic mass is 10.6. The van der Waals surface area contributed by atoms with Gasteiger partial charge in [0.15, 0.2) is 0 Å². The van der Waals surface area contributed by atoms with Crippen molar-refractivity contribution in [3.63, 3.8) is 0 Å². The second-order valence-corrected chi connectivity index (χ2v) is 2.02. The zero-order valence-corrected chi connectivity index (χ0v) is 6.67. The van der Waals surface area contributed by atoms with Crippen molar-refractivity contribution in [2.45, 2.75) is 13.1 Å². The minimum atomic E-state index is -4.56. The van der Waals surface area contributed by atoms with E-state index in [4.69, 9.17) is 0 Å². The lowest BCUT2D eigenvalue weighted by Gasteiger charge is -2.04. The zero-order valence-electron chi connectivity index (χ0n) is 6.67. The minimum absolute atomic E-state index is 0.210. The second-order valence-electron chi connectivity index (χ2n) is 2.02. The molecule has 0 saturated heterocycles. The number of ether oxygens (including phenoxy) is 1. The van der Waals surface area contributed by atoms with Crippen molar-refractivity contribution >= 4 is 0 Å². The van der Waals surface area contributed by atoms with Crippen LogP contribution in [0.2, 0.25) is 0 Å². The third-order valence-corrected chi connectivity index (χ3v) is 1.08. The number of hydrogen-bond acceptors (Lipinski definition) is 4. The van der Waals surface area contributed by atoms with Gasteiger partial charge in [-0.25, -0.2) is 4.98 Å². The molecule has 1 rings (SSSR count). The van der Waals surface area contributed by atoms with E-state index in [1.54, 1.807) is 6.92 Å². The summed E-state index contributed by atoms with van der Waals surface area (Å²) >= 11 is 0. The molecule has 4 nitrogen and oxygen atoms in total. The third-order valence-electron chi connectivity index (χ3n) is 1.08. The van der Waals surface area contributed by atoms with Crippen LogP contribution in [0.15, 0.2) is 6.33 Å². The number of alkyl halides is 3. The van der Waals surface area contributed by atoms with Crippen LogP contribution >= 0.6 is 0 Å². The Labute approximate surface area is 71.8 Å². The van der Waals surface area contributed by atoms with Gasteiger partial charge in [-0.2, -0.15) is 23.1 Å². The Morgan fingerprint density at radius 2 is 2.08 bits per heavy atom. The molecule has 0 N–H and O–H groups in total. The highest BCUT2D eigenvalue weighted by atomic mass is 19.4. The molecule has 0 aromatic carbocycles. The molecule has 1 aromatic rings. The van der Waals surface area contributed by atoms with Crippen LogP contribution in [0.5, 0.6) is 6.01 Å². The van der Waals surface area contributed by atoms with Gasteiger partial charge in [-0.3, -0.25) is 0 Å². The molecule has 1 aromatic heterocycles. The smallest absolute Gasteiger partial charge is 0.451 e. The highest BCUT2D eigenvalue weighted by molar-refractivity contribution is 4.98. The van der Waals surface area contributed by atoms with Crippen LogP contribution in [0.1, 0.15) is 12.7 Å². The topological polar surface area (TPSA) is 47.9 Å². The average Bonchev–Trinajstić information content (AvgIpc) is 2.04. The van der Waals surface area contributed by atoms with Gasteiger partial charge >= 0.3 is 12.2 Å². The maximum Gasteiger partial charge on any atom is 0.451 e. The molecule has 0 fully saturated rings. The fourth-order valence-electron chi connectivity index (χ4n) is 0.616.